The van der Waals surface area contributed by atoms with Crippen molar-refractivity contribution in [2.24, 2.45) is 7.05 Å². The summed E-state index contributed by atoms with van der Waals surface area (Å²) in [7, 11) is 0.565. The van der Waals surface area contributed by atoms with Gasteiger partial charge in [0.1, 0.15) is 13.2 Å². The lowest BCUT2D eigenvalue weighted by Crippen LogP contribution is -2.15. The van der Waals surface area contributed by atoms with Crippen molar-refractivity contribution in [1.29, 1.82) is 0 Å². The third-order valence-electron chi connectivity index (χ3n) is 4.74. The summed E-state index contributed by atoms with van der Waals surface area (Å²) in [5.41, 5.74) is 1.91. The molecular weight excluding hydrogens is 378 g/mol. The van der Waals surface area contributed by atoms with Crippen molar-refractivity contribution < 1.29 is 23.2 Å². The van der Waals surface area contributed by atoms with Crippen LogP contribution in [-0.2, 0) is 28.3 Å². The van der Waals surface area contributed by atoms with E-state index in [1.54, 1.807) is 6.92 Å². The lowest BCUT2D eigenvalue weighted by molar-refractivity contribution is 0.0527. The van der Waals surface area contributed by atoms with E-state index in [1.807, 2.05) is 54.1 Å². The lowest BCUT2D eigenvalue weighted by Gasteiger charge is -2.18. The zero-order chi connectivity index (χ0) is 19.7. The Bertz CT molecular complexity index is 1060. The average Bonchev–Trinajstić information content (AvgIpc) is 2.98. The highest BCUT2D eigenvalue weighted by Gasteiger charge is 2.26. The van der Waals surface area contributed by atoms with Gasteiger partial charge in [-0.1, -0.05) is 18.2 Å². The van der Waals surface area contributed by atoms with Gasteiger partial charge in [-0.15, -0.1) is 0 Å². The molecule has 1 unspecified atom stereocenters. The number of ether oxygens (including phenoxy) is 3. The highest BCUT2D eigenvalue weighted by atomic mass is 32.2. The van der Waals surface area contributed by atoms with Gasteiger partial charge >= 0.3 is 5.97 Å². The molecular formula is C21H21NO5S. The number of aromatic nitrogens is 1. The Hall–Kier alpha value is -2.80. The highest BCUT2D eigenvalue weighted by Crippen LogP contribution is 2.38. The van der Waals surface area contributed by atoms with Crippen molar-refractivity contribution in [2.75, 3.05) is 19.8 Å². The van der Waals surface area contributed by atoms with Crippen LogP contribution in [0.1, 0.15) is 23.0 Å². The molecule has 4 rings (SSSR count). The Morgan fingerprint density at radius 3 is 2.50 bits per heavy atom. The number of hydrogen-bond acceptors (Lipinski definition) is 5. The standard InChI is InChI=1S/C21H21NO5S/c1-3-25-21(23)20-15-11-18-19(27-10-9-26-18)12-16(15)22(2)17(20)13-28(24)14-7-5-4-6-8-14/h4-8,11-12H,3,9-10,13H2,1-2H3. The second-order valence-electron chi connectivity index (χ2n) is 6.42. The summed E-state index contributed by atoms with van der Waals surface area (Å²) in [4.78, 5) is 13.5. The number of esters is 1. The summed E-state index contributed by atoms with van der Waals surface area (Å²) >= 11 is 0. The number of carbonyl (C=O) groups excluding carboxylic acids is 1. The Morgan fingerprint density at radius 1 is 1.14 bits per heavy atom. The molecule has 0 spiro atoms. The number of aryl methyl sites for hydroxylation is 1. The minimum Gasteiger partial charge on any atom is -0.486 e. The molecule has 1 aliphatic heterocycles. The van der Waals surface area contributed by atoms with Crippen molar-refractivity contribution in [3.05, 3.63) is 53.7 Å². The molecule has 146 valence electrons. The number of hydrogen-bond donors (Lipinski definition) is 0. The number of rotatable bonds is 5. The third-order valence-corrected chi connectivity index (χ3v) is 6.07. The molecule has 0 radical (unpaired) electrons. The first-order valence-corrected chi connectivity index (χ1v) is 10.4. The van der Waals surface area contributed by atoms with E-state index >= 15 is 0 Å². The molecule has 1 aliphatic rings. The van der Waals surface area contributed by atoms with Gasteiger partial charge in [-0.3, -0.25) is 4.21 Å². The molecule has 0 N–H and O–H groups in total. The fraction of sp³-hybridized carbons (Fsp3) is 0.286. The van der Waals surface area contributed by atoms with E-state index < -0.39 is 16.8 Å². The summed E-state index contributed by atoms with van der Waals surface area (Å²) in [5, 5.41) is 0.713. The van der Waals surface area contributed by atoms with Gasteiger partial charge in [0, 0.05) is 29.1 Å². The second-order valence-corrected chi connectivity index (χ2v) is 7.87. The molecule has 1 atom stereocenters. The van der Waals surface area contributed by atoms with Crippen molar-refractivity contribution in [2.45, 2.75) is 17.6 Å². The Labute approximate surface area is 165 Å². The zero-order valence-corrected chi connectivity index (χ0v) is 16.6. The van der Waals surface area contributed by atoms with E-state index in [9.17, 15) is 9.00 Å². The van der Waals surface area contributed by atoms with Gasteiger partial charge in [0.25, 0.3) is 0 Å². The van der Waals surface area contributed by atoms with Crippen LogP contribution < -0.4 is 9.47 Å². The maximum atomic E-state index is 12.9. The van der Waals surface area contributed by atoms with Gasteiger partial charge in [0.2, 0.25) is 0 Å². The monoisotopic (exact) mass is 399 g/mol. The minimum atomic E-state index is -1.30. The number of fused-ring (bicyclic) bond motifs is 2. The fourth-order valence-corrected chi connectivity index (χ4v) is 4.62. The fourth-order valence-electron chi connectivity index (χ4n) is 3.40. The molecule has 0 bridgehead atoms. The van der Waals surface area contributed by atoms with Crippen LogP contribution in [0.15, 0.2) is 47.4 Å². The van der Waals surface area contributed by atoms with E-state index in [0.717, 1.165) is 5.52 Å². The Morgan fingerprint density at radius 2 is 1.82 bits per heavy atom. The highest BCUT2D eigenvalue weighted by molar-refractivity contribution is 7.84. The van der Waals surface area contributed by atoms with Crippen LogP contribution in [0.2, 0.25) is 0 Å². The minimum absolute atomic E-state index is 0.204. The van der Waals surface area contributed by atoms with Gasteiger partial charge in [-0.2, -0.15) is 0 Å². The SMILES string of the molecule is CCOC(=O)c1c(CS(=O)c2ccccc2)n(C)c2cc3c(cc12)OCCO3. The van der Waals surface area contributed by atoms with Crippen LogP contribution in [0.3, 0.4) is 0 Å². The molecule has 0 amide bonds. The van der Waals surface area contributed by atoms with Crippen molar-refractivity contribution in [3.63, 3.8) is 0 Å². The summed E-state index contributed by atoms with van der Waals surface area (Å²) in [6, 6.07) is 12.9. The van der Waals surface area contributed by atoms with Crippen molar-refractivity contribution in [3.8, 4) is 11.5 Å². The summed E-state index contributed by atoms with van der Waals surface area (Å²) in [5.74, 6) is 1.02. The molecule has 7 heteroatoms. The molecule has 28 heavy (non-hydrogen) atoms. The summed E-state index contributed by atoms with van der Waals surface area (Å²) in [6.07, 6.45) is 0. The Kier molecular flexibility index (Phi) is 5.09. The van der Waals surface area contributed by atoms with Crippen LogP contribution in [0.25, 0.3) is 10.9 Å². The van der Waals surface area contributed by atoms with Crippen LogP contribution in [-0.4, -0.2) is 34.6 Å². The molecule has 1 aromatic heterocycles. The topological polar surface area (TPSA) is 66.8 Å². The van der Waals surface area contributed by atoms with Crippen LogP contribution >= 0.6 is 0 Å². The van der Waals surface area contributed by atoms with E-state index in [2.05, 4.69) is 0 Å². The molecule has 3 aromatic rings. The largest absolute Gasteiger partial charge is 0.486 e. The number of carbonyl (C=O) groups is 1. The molecule has 0 fully saturated rings. The first-order valence-electron chi connectivity index (χ1n) is 9.11. The smallest absolute Gasteiger partial charge is 0.340 e. The predicted octanol–water partition coefficient (Wildman–Crippen LogP) is 3.43. The van der Waals surface area contributed by atoms with Gasteiger partial charge < -0.3 is 18.8 Å². The first kappa shape index (κ1) is 18.6. The first-order chi connectivity index (χ1) is 13.6. The van der Waals surface area contributed by atoms with Crippen LogP contribution in [0, 0.1) is 0 Å². The molecule has 2 aromatic carbocycles. The van der Waals surface area contributed by atoms with Gasteiger partial charge in [0.05, 0.1) is 34.2 Å². The average molecular weight is 399 g/mol. The summed E-state index contributed by atoms with van der Waals surface area (Å²) in [6.45, 7) is 2.98. The Balaban J connectivity index is 1.86. The molecule has 2 heterocycles. The number of benzene rings is 2. The molecule has 0 saturated heterocycles. The predicted molar refractivity (Wildman–Crippen MR) is 106 cm³/mol. The molecule has 6 nitrogen and oxygen atoms in total. The van der Waals surface area contributed by atoms with Crippen molar-refractivity contribution >= 4 is 27.7 Å². The number of nitrogens with zero attached hydrogens (tertiary/aromatic N) is 1. The van der Waals surface area contributed by atoms with Gasteiger partial charge in [0.15, 0.2) is 11.5 Å². The maximum absolute atomic E-state index is 12.9. The summed E-state index contributed by atoms with van der Waals surface area (Å²) < 4.78 is 31.5. The van der Waals surface area contributed by atoms with E-state index in [1.165, 1.54) is 0 Å². The van der Waals surface area contributed by atoms with Gasteiger partial charge in [-0.05, 0) is 25.1 Å². The third kappa shape index (κ3) is 3.26. The van der Waals surface area contributed by atoms with E-state index in [4.69, 9.17) is 14.2 Å². The molecule has 0 aliphatic carbocycles. The van der Waals surface area contributed by atoms with E-state index in [0.29, 0.717) is 46.3 Å². The van der Waals surface area contributed by atoms with Gasteiger partial charge in [-0.25, -0.2) is 4.79 Å². The lowest BCUT2D eigenvalue weighted by atomic mass is 10.1. The van der Waals surface area contributed by atoms with E-state index in [-0.39, 0.29) is 12.4 Å². The van der Waals surface area contributed by atoms with Crippen molar-refractivity contribution in [1.82, 2.24) is 4.57 Å². The second kappa shape index (κ2) is 7.67. The van der Waals surface area contributed by atoms with Crippen LogP contribution in [0.5, 0.6) is 11.5 Å². The molecule has 0 saturated carbocycles. The maximum Gasteiger partial charge on any atom is 0.340 e. The zero-order valence-electron chi connectivity index (χ0n) is 15.8. The quantitative estimate of drug-likeness (QED) is 0.615. The normalized spacial score (nSPS) is 14.1. The van der Waals surface area contributed by atoms with Crippen LogP contribution in [0.4, 0.5) is 0 Å².